The second-order valence-corrected chi connectivity index (χ2v) is 8.27. The summed E-state index contributed by atoms with van der Waals surface area (Å²) in [5, 5.41) is 12.1. The van der Waals surface area contributed by atoms with E-state index in [9.17, 15) is 26.3 Å². The van der Waals surface area contributed by atoms with Gasteiger partial charge in [-0.1, -0.05) is 30.3 Å². The van der Waals surface area contributed by atoms with Crippen LogP contribution in [0.3, 0.4) is 0 Å². The number of aryl methyl sites for hydroxylation is 1. The van der Waals surface area contributed by atoms with Crippen molar-refractivity contribution >= 4 is 0 Å². The highest BCUT2D eigenvalue weighted by atomic mass is 19.4. The Bertz CT molecular complexity index is 1540. The summed E-state index contributed by atoms with van der Waals surface area (Å²) in [7, 11) is 0. The van der Waals surface area contributed by atoms with Crippen molar-refractivity contribution < 1.29 is 26.3 Å². The van der Waals surface area contributed by atoms with E-state index in [0.717, 1.165) is 17.2 Å². The molecule has 0 atom stereocenters. The molecule has 0 aliphatic carbocycles. The van der Waals surface area contributed by atoms with Crippen LogP contribution in [-0.2, 0) is 18.9 Å². The maximum atomic E-state index is 13.5. The van der Waals surface area contributed by atoms with Gasteiger partial charge >= 0.3 is 12.4 Å². The second-order valence-electron chi connectivity index (χ2n) is 8.27. The van der Waals surface area contributed by atoms with E-state index in [-0.39, 0.29) is 18.3 Å². The summed E-state index contributed by atoms with van der Waals surface area (Å²) in [5.74, 6) is 0.564. The molecule has 2 aromatic carbocycles. The van der Waals surface area contributed by atoms with Gasteiger partial charge in [-0.15, -0.1) is 0 Å². The first kappa shape index (κ1) is 24.3. The highest BCUT2D eigenvalue weighted by Crippen LogP contribution is 2.40. The molecule has 0 saturated heterocycles. The lowest BCUT2D eigenvalue weighted by atomic mass is 10.00. The van der Waals surface area contributed by atoms with E-state index in [1.807, 2.05) is 31.2 Å². The number of alkyl halides is 6. The van der Waals surface area contributed by atoms with Crippen molar-refractivity contribution in [2.45, 2.75) is 25.8 Å². The van der Waals surface area contributed by atoms with Crippen LogP contribution in [0.2, 0.25) is 0 Å². The Balaban J connectivity index is 1.41. The minimum Gasteiger partial charge on any atom is -0.264 e. The number of benzene rings is 2. The fraction of sp³-hybridized carbons (Fsp3) is 0.160. The Morgan fingerprint density at radius 3 is 2.19 bits per heavy atom. The van der Waals surface area contributed by atoms with Gasteiger partial charge in [-0.05, 0) is 36.8 Å². The predicted molar refractivity (Wildman–Crippen MR) is 121 cm³/mol. The standard InChI is InChI=1S/C25H16F6N6/c1-14-4-2-3-5-17(14)23-33-21-11-32-37(13-22(21)34-23)12-16-7-9-20(36-35-16)18-8-6-15(24(26,27)28)10-19(18)25(29,30)31/h2-11,13H,12H2,1H3. The summed E-state index contributed by atoms with van der Waals surface area (Å²) >= 11 is 0. The van der Waals surface area contributed by atoms with Crippen LogP contribution in [0.4, 0.5) is 26.3 Å². The molecular formula is C25H16F6N6. The first-order valence-electron chi connectivity index (χ1n) is 10.9. The molecule has 3 heterocycles. The zero-order chi connectivity index (χ0) is 26.4. The van der Waals surface area contributed by atoms with Gasteiger partial charge in [-0.3, -0.25) is 4.68 Å². The van der Waals surface area contributed by atoms with Crippen LogP contribution in [0.25, 0.3) is 34.0 Å². The van der Waals surface area contributed by atoms with Crippen molar-refractivity contribution in [1.82, 2.24) is 29.9 Å². The molecule has 37 heavy (non-hydrogen) atoms. The number of fused-ring (bicyclic) bond motifs is 1. The molecule has 0 spiro atoms. The van der Waals surface area contributed by atoms with E-state index < -0.39 is 29.0 Å². The first-order chi connectivity index (χ1) is 17.5. The van der Waals surface area contributed by atoms with Crippen LogP contribution < -0.4 is 0 Å². The molecule has 5 rings (SSSR count). The molecule has 0 bridgehead atoms. The van der Waals surface area contributed by atoms with E-state index in [2.05, 4.69) is 25.3 Å². The summed E-state index contributed by atoms with van der Waals surface area (Å²) in [6, 6.07) is 11.8. The van der Waals surface area contributed by atoms with Gasteiger partial charge in [0, 0.05) is 11.1 Å². The quantitative estimate of drug-likeness (QED) is 0.264. The SMILES string of the molecule is Cc1ccccc1-c1nc2cnn(Cc3ccc(-c4ccc(C(F)(F)F)cc4C(F)(F)F)nn3)cc-2n1. The maximum absolute atomic E-state index is 13.5. The molecule has 12 heteroatoms. The van der Waals surface area contributed by atoms with Gasteiger partial charge in [0.15, 0.2) is 5.82 Å². The molecular weight excluding hydrogens is 498 g/mol. The van der Waals surface area contributed by atoms with E-state index in [1.54, 1.807) is 12.4 Å². The van der Waals surface area contributed by atoms with Crippen LogP contribution >= 0.6 is 0 Å². The van der Waals surface area contributed by atoms with E-state index in [4.69, 9.17) is 0 Å². The van der Waals surface area contributed by atoms with Gasteiger partial charge in [0.25, 0.3) is 0 Å². The number of nitrogens with zero attached hydrogens (tertiary/aromatic N) is 6. The van der Waals surface area contributed by atoms with E-state index in [1.165, 1.54) is 16.8 Å². The van der Waals surface area contributed by atoms with Crippen molar-refractivity contribution in [2.75, 3.05) is 0 Å². The van der Waals surface area contributed by atoms with Gasteiger partial charge in [0.2, 0.25) is 0 Å². The average molecular weight is 514 g/mol. The Hall–Kier alpha value is -4.35. The van der Waals surface area contributed by atoms with Crippen LogP contribution in [-0.4, -0.2) is 29.9 Å². The van der Waals surface area contributed by atoms with Crippen molar-refractivity contribution in [3.63, 3.8) is 0 Å². The maximum Gasteiger partial charge on any atom is 0.417 e. The summed E-state index contributed by atoms with van der Waals surface area (Å²) in [6.45, 7) is 2.09. The third-order valence-corrected chi connectivity index (χ3v) is 5.67. The van der Waals surface area contributed by atoms with Crippen LogP contribution in [0.1, 0.15) is 22.4 Å². The minimum atomic E-state index is -5.01. The third-order valence-electron chi connectivity index (χ3n) is 5.67. The van der Waals surface area contributed by atoms with Crippen molar-refractivity contribution in [3.8, 4) is 34.0 Å². The fourth-order valence-corrected chi connectivity index (χ4v) is 3.82. The molecule has 3 aromatic rings. The molecule has 1 aromatic heterocycles. The zero-order valence-corrected chi connectivity index (χ0v) is 19.0. The molecule has 0 amide bonds. The molecule has 0 radical (unpaired) electrons. The van der Waals surface area contributed by atoms with Gasteiger partial charge in [-0.25, -0.2) is 9.97 Å². The molecule has 0 unspecified atom stereocenters. The van der Waals surface area contributed by atoms with Crippen LogP contribution in [0.5, 0.6) is 0 Å². The number of hydrogen-bond donors (Lipinski definition) is 0. The summed E-state index contributed by atoms with van der Waals surface area (Å²) in [4.78, 5) is 9.07. The summed E-state index contributed by atoms with van der Waals surface area (Å²) < 4.78 is 80.8. The molecule has 2 aliphatic heterocycles. The molecule has 0 N–H and O–H groups in total. The Morgan fingerprint density at radius 2 is 1.51 bits per heavy atom. The monoisotopic (exact) mass is 514 g/mol. The summed E-state index contributed by atoms with van der Waals surface area (Å²) in [6.07, 6.45) is -6.71. The highest BCUT2D eigenvalue weighted by Gasteiger charge is 2.38. The van der Waals surface area contributed by atoms with Gasteiger partial charge in [0.1, 0.15) is 11.4 Å². The Morgan fingerprint density at radius 1 is 0.757 bits per heavy atom. The molecule has 2 aliphatic rings. The number of rotatable bonds is 4. The predicted octanol–water partition coefficient (Wildman–Crippen LogP) is 6.30. The summed E-state index contributed by atoms with van der Waals surface area (Å²) in [5.41, 5.74) is -0.0539. The lowest BCUT2D eigenvalue weighted by molar-refractivity contribution is -0.142. The topological polar surface area (TPSA) is 69.4 Å². The number of imidazole rings is 1. The fourth-order valence-electron chi connectivity index (χ4n) is 3.82. The molecule has 6 nitrogen and oxygen atoms in total. The van der Waals surface area contributed by atoms with Gasteiger partial charge in [0.05, 0.1) is 41.5 Å². The van der Waals surface area contributed by atoms with Crippen LogP contribution in [0.15, 0.2) is 67.0 Å². The molecule has 188 valence electrons. The number of hydrogen-bond acceptors (Lipinski definition) is 5. The smallest absolute Gasteiger partial charge is 0.264 e. The highest BCUT2D eigenvalue weighted by molar-refractivity contribution is 5.67. The number of halogens is 6. The normalized spacial score (nSPS) is 12.3. The third kappa shape index (κ3) is 4.99. The Kier molecular flexibility index (Phi) is 5.89. The second kappa shape index (κ2) is 8.95. The van der Waals surface area contributed by atoms with E-state index >= 15 is 0 Å². The largest absolute Gasteiger partial charge is 0.417 e. The average Bonchev–Trinajstić information content (AvgIpc) is 3.26. The van der Waals surface area contributed by atoms with E-state index in [0.29, 0.717) is 29.0 Å². The minimum absolute atomic E-state index is 0.0754. The lowest BCUT2D eigenvalue weighted by Gasteiger charge is -2.15. The van der Waals surface area contributed by atoms with Crippen LogP contribution in [0, 0.1) is 6.92 Å². The van der Waals surface area contributed by atoms with Crippen molar-refractivity contribution in [2.24, 2.45) is 0 Å². The number of aromatic nitrogens is 6. The van der Waals surface area contributed by atoms with Gasteiger partial charge < -0.3 is 0 Å². The molecule has 0 saturated carbocycles. The first-order valence-corrected chi connectivity index (χ1v) is 10.9. The zero-order valence-electron chi connectivity index (χ0n) is 19.0. The van der Waals surface area contributed by atoms with Crippen molar-refractivity contribution in [1.29, 1.82) is 0 Å². The van der Waals surface area contributed by atoms with Crippen molar-refractivity contribution in [3.05, 3.63) is 89.4 Å². The molecule has 0 fully saturated rings. The Labute approximate surface area is 206 Å². The van der Waals surface area contributed by atoms with Gasteiger partial charge in [-0.2, -0.15) is 41.6 Å². The lowest BCUT2D eigenvalue weighted by Crippen LogP contribution is -2.13.